The SMILES string of the molecule is Cc1nc2c([nH]c3ccccc32)c(=O)n1/N=C/c1ccc([N+](=O)[O-])cc1. The largest absolute Gasteiger partial charge is 0.349 e. The van der Waals surface area contributed by atoms with Gasteiger partial charge in [0.2, 0.25) is 0 Å². The van der Waals surface area contributed by atoms with Crippen molar-refractivity contribution in [3.8, 4) is 0 Å². The lowest BCUT2D eigenvalue weighted by Crippen LogP contribution is -2.20. The van der Waals surface area contributed by atoms with Crippen molar-refractivity contribution in [3.05, 3.63) is 80.4 Å². The van der Waals surface area contributed by atoms with Crippen molar-refractivity contribution in [1.29, 1.82) is 0 Å². The average molecular weight is 347 g/mol. The molecule has 128 valence electrons. The molecule has 4 aromatic rings. The summed E-state index contributed by atoms with van der Waals surface area (Å²) in [7, 11) is 0. The van der Waals surface area contributed by atoms with Crippen LogP contribution in [0.4, 0.5) is 5.69 Å². The molecule has 2 aromatic heterocycles. The fourth-order valence-electron chi connectivity index (χ4n) is 2.80. The van der Waals surface area contributed by atoms with Gasteiger partial charge in [-0.1, -0.05) is 18.2 Å². The Morgan fingerprint density at radius 2 is 1.92 bits per heavy atom. The summed E-state index contributed by atoms with van der Waals surface area (Å²) in [5.74, 6) is 0.449. The number of rotatable bonds is 3. The minimum Gasteiger partial charge on any atom is -0.349 e. The molecule has 0 atom stereocenters. The molecule has 26 heavy (non-hydrogen) atoms. The topological polar surface area (TPSA) is 106 Å². The molecule has 0 fully saturated rings. The van der Waals surface area contributed by atoms with Gasteiger partial charge in [-0.05, 0) is 30.7 Å². The third kappa shape index (κ3) is 2.53. The number of aromatic amines is 1. The summed E-state index contributed by atoms with van der Waals surface area (Å²) in [6.07, 6.45) is 1.47. The number of nitro benzene ring substituents is 1. The highest BCUT2D eigenvalue weighted by atomic mass is 16.6. The summed E-state index contributed by atoms with van der Waals surface area (Å²) in [5.41, 5.74) is 2.17. The second kappa shape index (κ2) is 5.92. The van der Waals surface area contributed by atoms with Gasteiger partial charge < -0.3 is 4.98 Å². The number of nitrogens with zero attached hydrogens (tertiary/aromatic N) is 4. The van der Waals surface area contributed by atoms with Crippen molar-refractivity contribution in [3.63, 3.8) is 0 Å². The lowest BCUT2D eigenvalue weighted by atomic mass is 10.2. The van der Waals surface area contributed by atoms with Gasteiger partial charge in [0.1, 0.15) is 16.9 Å². The van der Waals surface area contributed by atoms with E-state index in [2.05, 4.69) is 15.1 Å². The number of nitrogens with one attached hydrogen (secondary N) is 1. The zero-order valence-electron chi connectivity index (χ0n) is 13.7. The molecule has 0 unspecified atom stereocenters. The van der Waals surface area contributed by atoms with Crippen molar-refractivity contribution >= 4 is 33.8 Å². The predicted octanol–water partition coefficient (Wildman–Crippen LogP) is 2.98. The second-order valence-corrected chi connectivity index (χ2v) is 5.76. The zero-order chi connectivity index (χ0) is 18.3. The summed E-state index contributed by atoms with van der Waals surface area (Å²) in [5, 5.41) is 15.8. The van der Waals surface area contributed by atoms with Gasteiger partial charge in [0.15, 0.2) is 0 Å². The molecule has 0 amide bonds. The normalized spacial score (nSPS) is 11.6. The molecule has 1 N–H and O–H groups in total. The Balaban J connectivity index is 1.80. The maximum Gasteiger partial charge on any atom is 0.298 e. The summed E-state index contributed by atoms with van der Waals surface area (Å²) >= 11 is 0. The van der Waals surface area contributed by atoms with Gasteiger partial charge in [-0.2, -0.15) is 9.78 Å². The number of benzene rings is 2. The Bertz CT molecular complexity index is 1240. The molecule has 0 aliphatic heterocycles. The number of hydrogen-bond acceptors (Lipinski definition) is 5. The number of aromatic nitrogens is 3. The number of fused-ring (bicyclic) bond motifs is 3. The molecule has 0 bridgehead atoms. The average Bonchev–Trinajstić information content (AvgIpc) is 3.01. The van der Waals surface area contributed by atoms with E-state index in [0.717, 1.165) is 10.9 Å². The maximum atomic E-state index is 12.8. The van der Waals surface area contributed by atoms with Crippen LogP contribution in [0.15, 0.2) is 58.4 Å². The van der Waals surface area contributed by atoms with Crippen LogP contribution in [0.3, 0.4) is 0 Å². The highest BCUT2D eigenvalue weighted by Crippen LogP contribution is 2.21. The van der Waals surface area contributed by atoms with Crippen LogP contribution >= 0.6 is 0 Å². The van der Waals surface area contributed by atoms with Crippen LogP contribution in [0.2, 0.25) is 0 Å². The van der Waals surface area contributed by atoms with Crippen molar-refractivity contribution in [1.82, 2.24) is 14.6 Å². The van der Waals surface area contributed by atoms with Crippen LogP contribution in [0.1, 0.15) is 11.4 Å². The molecule has 0 aliphatic carbocycles. The summed E-state index contributed by atoms with van der Waals surface area (Å²) in [4.78, 5) is 30.6. The molecule has 4 rings (SSSR count). The fraction of sp³-hybridized carbons (Fsp3) is 0.0556. The van der Waals surface area contributed by atoms with Gasteiger partial charge in [0.25, 0.3) is 11.2 Å². The maximum absolute atomic E-state index is 12.8. The number of hydrogen-bond donors (Lipinski definition) is 1. The first-order valence-electron chi connectivity index (χ1n) is 7.83. The van der Waals surface area contributed by atoms with E-state index in [1.54, 1.807) is 19.1 Å². The Hall–Kier alpha value is -3.81. The molecule has 0 radical (unpaired) electrons. The van der Waals surface area contributed by atoms with Crippen LogP contribution in [0.5, 0.6) is 0 Å². The number of aryl methyl sites for hydroxylation is 1. The predicted molar refractivity (Wildman–Crippen MR) is 98.7 cm³/mol. The van der Waals surface area contributed by atoms with E-state index < -0.39 is 4.92 Å². The summed E-state index contributed by atoms with van der Waals surface area (Å²) in [6, 6.07) is 13.5. The number of para-hydroxylation sites is 1. The molecule has 8 nitrogen and oxygen atoms in total. The lowest BCUT2D eigenvalue weighted by Gasteiger charge is -2.03. The first-order valence-corrected chi connectivity index (χ1v) is 7.83. The van der Waals surface area contributed by atoms with Gasteiger partial charge in [0, 0.05) is 23.0 Å². The summed E-state index contributed by atoms with van der Waals surface area (Å²) < 4.78 is 1.21. The molecule has 0 saturated carbocycles. The van der Waals surface area contributed by atoms with Crippen LogP contribution in [0.25, 0.3) is 21.9 Å². The highest BCUT2D eigenvalue weighted by molar-refractivity contribution is 6.04. The third-order valence-electron chi connectivity index (χ3n) is 4.09. The van der Waals surface area contributed by atoms with Crippen LogP contribution in [0, 0.1) is 17.0 Å². The van der Waals surface area contributed by atoms with E-state index in [1.165, 1.54) is 23.0 Å². The molecule has 2 heterocycles. The van der Waals surface area contributed by atoms with Gasteiger partial charge in [-0.25, -0.2) is 4.98 Å². The Labute approximate surface area is 146 Å². The molecular formula is C18H13N5O3. The monoisotopic (exact) mass is 347 g/mol. The minimum atomic E-state index is -0.469. The number of non-ortho nitro benzene ring substituents is 1. The van der Waals surface area contributed by atoms with Crippen molar-refractivity contribution in [2.45, 2.75) is 6.92 Å². The van der Waals surface area contributed by atoms with Gasteiger partial charge >= 0.3 is 0 Å². The third-order valence-corrected chi connectivity index (χ3v) is 4.09. The number of H-pyrrole nitrogens is 1. The highest BCUT2D eigenvalue weighted by Gasteiger charge is 2.12. The Kier molecular flexibility index (Phi) is 3.58. The lowest BCUT2D eigenvalue weighted by molar-refractivity contribution is -0.384. The van der Waals surface area contributed by atoms with E-state index in [9.17, 15) is 14.9 Å². The van der Waals surface area contributed by atoms with E-state index in [0.29, 0.717) is 22.4 Å². The van der Waals surface area contributed by atoms with Crippen molar-refractivity contribution in [2.75, 3.05) is 0 Å². The smallest absolute Gasteiger partial charge is 0.298 e. The quantitative estimate of drug-likeness (QED) is 0.349. The second-order valence-electron chi connectivity index (χ2n) is 5.76. The molecule has 0 aliphatic rings. The van der Waals surface area contributed by atoms with E-state index in [-0.39, 0.29) is 11.2 Å². The minimum absolute atomic E-state index is 0.00309. The summed E-state index contributed by atoms with van der Waals surface area (Å²) in [6.45, 7) is 1.70. The van der Waals surface area contributed by atoms with Crippen molar-refractivity contribution < 1.29 is 4.92 Å². The van der Waals surface area contributed by atoms with Crippen molar-refractivity contribution in [2.24, 2.45) is 5.10 Å². The van der Waals surface area contributed by atoms with Crippen LogP contribution < -0.4 is 5.56 Å². The van der Waals surface area contributed by atoms with E-state index in [4.69, 9.17) is 0 Å². The van der Waals surface area contributed by atoms with Gasteiger partial charge in [0.05, 0.1) is 11.1 Å². The Morgan fingerprint density at radius 3 is 2.65 bits per heavy atom. The van der Waals surface area contributed by atoms with E-state index >= 15 is 0 Å². The van der Waals surface area contributed by atoms with E-state index in [1.807, 2.05) is 24.3 Å². The zero-order valence-corrected chi connectivity index (χ0v) is 13.7. The molecule has 0 spiro atoms. The van der Waals surface area contributed by atoms with Gasteiger partial charge in [-0.15, -0.1) is 0 Å². The molecule has 2 aromatic carbocycles. The fourth-order valence-corrected chi connectivity index (χ4v) is 2.80. The first-order chi connectivity index (χ1) is 12.5. The van der Waals surface area contributed by atoms with Gasteiger partial charge in [-0.3, -0.25) is 14.9 Å². The molecule has 8 heteroatoms. The molecular weight excluding hydrogens is 334 g/mol. The van der Waals surface area contributed by atoms with Crippen LogP contribution in [-0.4, -0.2) is 25.8 Å². The van der Waals surface area contributed by atoms with Crippen LogP contribution in [-0.2, 0) is 0 Å². The Morgan fingerprint density at radius 1 is 1.19 bits per heavy atom. The molecule has 0 saturated heterocycles. The first kappa shape index (κ1) is 15.7. The number of nitro groups is 1. The standard InChI is InChI=1S/C18H13N5O3/c1-11-20-16-14-4-2-3-5-15(14)21-17(16)18(24)22(11)19-10-12-6-8-13(9-7-12)23(25)26/h2-10,21H,1H3/b19-10+.